The molecule has 224 valence electrons. The number of aromatic nitrogens is 3. The summed E-state index contributed by atoms with van der Waals surface area (Å²) in [5.41, 5.74) is 5.04. The number of aliphatic hydroxyl groups is 1. The fraction of sp³-hybridized carbons (Fsp3) is 0.419. The summed E-state index contributed by atoms with van der Waals surface area (Å²) in [6.07, 6.45) is -0.833. The van der Waals surface area contributed by atoms with Gasteiger partial charge < -0.3 is 24.1 Å². The highest BCUT2D eigenvalue weighted by Gasteiger charge is 2.33. The van der Waals surface area contributed by atoms with Crippen LogP contribution >= 0.6 is 27.5 Å². The Bertz CT molecular complexity index is 1490. The molecule has 1 aliphatic rings. The molecule has 3 unspecified atom stereocenters. The second-order valence-electron chi connectivity index (χ2n) is 11.8. The number of methoxy groups -OCH3 is 1. The number of rotatable bonds is 12. The number of nitrogens with zero attached hydrogens (tertiary/aromatic N) is 3. The molecule has 2 aromatic carbocycles. The summed E-state index contributed by atoms with van der Waals surface area (Å²) >= 11 is 10.3. The summed E-state index contributed by atoms with van der Waals surface area (Å²) in [4.78, 5) is 9.71. The average Bonchev–Trinajstić information content (AvgIpc) is 3.55. The van der Waals surface area contributed by atoms with Crippen molar-refractivity contribution in [3.63, 3.8) is 0 Å². The summed E-state index contributed by atoms with van der Waals surface area (Å²) in [6.45, 7) is 8.41. The van der Waals surface area contributed by atoms with Crippen molar-refractivity contribution < 1.29 is 24.1 Å². The second-order valence-corrected chi connectivity index (χ2v) is 18.7. The first-order chi connectivity index (χ1) is 20.1. The normalized spacial score (nSPS) is 18.1. The SMILES string of the molecule is COCC(O)C1CC(Oc2nc3cc(Cl)c(-c4ccc(-c5ccc(Br)cc5)cc4)nc3n2COCC[Si](C)(C)C)CO1. The molecule has 3 heterocycles. The Hall–Kier alpha value is -2.31. The predicted molar refractivity (Wildman–Crippen MR) is 172 cm³/mol. The standard InChI is InChI=1S/C31H37BrClN3O5Si/c1-38-18-27(37)28-15-24(17-40-28)41-31-34-26-16-25(33)29(35-30(26)36(31)19-39-13-14-42(2,3)4)22-7-5-20(6-8-22)21-9-11-23(32)12-10-21/h5-12,16,24,27-28,37H,13-15,17-19H2,1-4H3. The third-order valence-corrected chi connectivity index (χ3v) is 9.74. The highest BCUT2D eigenvalue weighted by molar-refractivity contribution is 9.10. The van der Waals surface area contributed by atoms with E-state index in [4.69, 9.17) is 40.5 Å². The number of halogens is 2. The lowest BCUT2D eigenvalue weighted by Crippen LogP contribution is -2.30. The maximum absolute atomic E-state index is 10.3. The first kappa shape index (κ1) is 31.1. The molecule has 2 aromatic heterocycles. The van der Waals surface area contributed by atoms with E-state index in [1.165, 1.54) is 0 Å². The number of hydrogen-bond acceptors (Lipinski definition) is 7. The largest absolute Gasteiger partial charge is 0.459 e. The van der Waals surface area contributed by atoms with Gasteiger partial charge in [-0.25, -0.2) is 4.98 Å². The van der Waals surface area contributed by atoms with Gasteiger partial charge in [0.05, 0.1) is 30.0 Å². The molecule has 0 radical (unpaired) electrons. The smallest absolute Gasteiger partial charge is 0.300 e. The third kappa shape index (κ3) is 7.60. The van der Waals surface area contributed by atoms with Crippen molar-refractivity contribution in [3.8, 4) is 28.4 Å². The van der Waals surface area contributed by atoms with Gasteiger partial charge in [-0.15, -0.1) is 0 Å². The molecule has 0 aliphatic carbocycles. The van der Waals surface area contributed by atoms with Crippen LogP contribution in [0.25, 0.3) is 33.5 Å². The summed E-state index contributed by atoms with van der Waals surface area (Å²) in [7, 11) is 0.294. The minimum Gasteiger partial charge on any atom is -0.459 e. The van der Waals surface area contributed by atoms with Gasteiger partial charge in [0.1, 0.15) is 24.5 Å². The molecule has 0 amide bonds. The maximum Gasteiger partial charge on any atom is 0.300 e. The van der Waals surface area contributed by atoms with Crippen molar-refractivity contribution in [3.05, 3.63) is 64.1 Å². The van der Waals surface area contributed by atoms with Crippen LogP contribution < -0.4 is 4.74 Å². The van der Waals surface area contributed by atoms with Crippen LogP contribution in [0.5, 0.6) is 6.01 Å². The molecule has 1 aliphatic heterocycles. The van der Waals surface area contributed by atoms with Crippen LogP contribution in [0.2, 0.25) is 30.7 Å². The van der Waals surface area contributed by atoms with Crippen LogP contribution in [0, 0.1) is 0 Å². The number of ether oxygens (including phenoxy) is 4. The van der Waals surface area contributed by atoms with Crippen LogP contribution in [0.1, 0.15) is 6.42 Å². The fourth-order valence-electron chi connectivity index (χ4n) is 4.81. The van der Waals surface area contributed by atoms with Crippen molar-refractivity contribution in [1.82, 2.24) is 14.5 Å². The molecule has 3 atom stereocenters. The molecule has 11 heteroatoms. The van der Waals surface area contributed by atoms with Crippen molar-refractivity contribution in [2.45, 2.75) is 57.1 Å². The highest BCUT2D eigenvalue weighted by Crippen LogP contribution is 2.33. The van der Waals surface area contributed by atoms with Gasteiger partial charge in [-0.3, -0.25) is 4.57 Å². The number of imidazole rings is 1. The van der Waals surface area contributed by atoms with Crippen molar-refractivity contribution in [1.29, 1.82) is 0 Å². The number of fused-ring (bicyclic) bond motifs is 1. The lowest BCUT2D eigenvalue weighted by atomic mass is 10.0. The molecule has 0 bridgehead atoms. The lowest BCUT2D eigenvalue weighted by Gasteiger charge is -2.17. The zero-order valence-electron chi connectivity index (χ0n) is 24.3. The van der Waals surface area contributed by atoms with Gasteiger partial charge in [0.2, 0.25) is 0 Å². The van der Waals surface area contributed by atoms with Gasteiger partial charge in [-0.05, 0) is 35.4 Å². The molecule has 1 fully saturated rings. The van der Waals surface area contributed by atoms with E-state index in [0.717, 1.165) is 27.2 Å². The summed E-state index contributed by atoms with van der Waals surface area (Å²) in [5.74, 6) is 0. The molecule has 0 saturated carbocycles. The molecular formula is C31H37BrClN3O5Si. The van der Waals surface area contributed by atoms with Crippen LogP contribution in [0.15, 0.2) is 59.1 Å². The van der Waals surface area contributed by atoms with Crippen molar-refractivity contribution in [2.75, 3.05) is 26.9 Å². The quantitative estimate of drug-likeness (QED) is 0.127. The van der Waals surface area contributed by atoms with Crippen LogP contribution in [0.4, 0.5) is 0 Å². The van der Waals surface area contributed by atoms with E-state index in [-0.39, 0.29) is 25.5 Å². The monoisotopic (exact) mass is 673 g/mol. The fourth-order valence-corrected chi connectivity index (χ4v) is 6.09. The molecule has 0 spiro atoms. The van der Waals surface area contributed by atoms with Gasteiger partial charge in [0.25, 0.3) is 0 Å². The second kappa shape index (κ2) is 13.5. The Kier molecular flexibility index (Phi) is 10.0. The minimum atomic E-state index is -1.26. The molecule has 42 heavy (non-hydrogen) atoms. The molecule has 1 N–H and O–H groups in total. The molecule has 5 rings (SSSR count). The maximum atomic E-state index is 10.3. The number of aliphatic hydroxyl groups excluding tert-OH is 1. The topological polar surface area (TPSA) is 87.9 Å². The van der Waals surface area contributed by atoms with Gasteiger partial charge in [0.15, 0.2) is 5.65 Å². The average molecular weight is 675 g/mol. The number of pyridine rings is 1. The molecule has 4 aromatic rings. The van der Waals surface area contributed by atoms with E-state index >= 15 is 0 Å². The highest BCUT2D eigenvalue weighted by atomic mass is 79.9. The molecule has 1 saturated heterocycles. The summed E-state index contributed by atoms with van der Waals surface area (Å²) < 4.78 is 26.2. The van der Waals surface area contributed by atoms with Crippen molar-refractivity contribution in [2.24, 2.45) is 0 Å². The van der Waals surface area contributed by atoms with Crippen molar-refractivity contribution >= 4 is 46.8 Å². The van der Waals surface area contributed by atoms with Gasteiger partial charge in [-0.1, -0.05) is 83.6 Å². The van der Waals surface area contributed by atoms with E-state index in [1.54, 1.807) is 7.11 Å². The van der Waals surface area contributed by atoms with Gasteiger partial charge in [0, 0.05) is 38.2 Å². The Morgan fingerprint density at radius 2 is 1.74 bits per heavy atom. The van der Waals surface area contributed by atoms with E-state index in [0.29, 0.717) is 47.5 Å². The van der Waals surface area contributed by atoms with Crippen LogP contribution in [0.3, 0.4) is 0 Å². The van der Waals surface area contributed by atoms with E-state index < -0.39 is 14.2 Å². The Labute approximate surface area is 261 Å². The summed E-state index contributed by atoms with van der Waals surface area (Å²) in [5, 5.41) is 10.8. The zero-order valence-corrected chi connectivity index (χ0v) is 27.7. The van der Waals surface area contributed by atoms with E-state index in [9.17, 15) is 5.11 Å². The zero-order chi connectivity index (χ0) is 29.9. The molecule has 8 nitrogen and oxygen atoms in total. The first-order valence-electron chi connectivity index (χ1n) is 14.1. The van der Waals surface area contributed by atoms with Crippen LogP contribution in [-0.2, 0) is 20.9 Å². The lowest BCUT2D eigenvalue weighted by molar-refractivity contribution is -0.0386. The van der Waals surface area contributed by atoms with Gasteiger partial charge in [-0.2, -0.15) is 4.98 Å². The molecular weight excluding hydrogens is 638 g/mol. The van der Waals surface area contributed by atoms with Crippen LogP contribution in [-0.4, -0.2) is 73.0 Å². The Morgan fingerprint density at radius 3 is 2.40 bits per heavy atom. The number of hydrogen-bond donors (Lipinski definition) is 1. The first-order valence-corrected chi connectivity index (χ1v) is 19.0. The Morgan fingerprint density at radius 1 is 1.07 bits per heavy atom. The van der Waals surface area contributed by atoms with E-state index in [1.807, 2.05) is 34.9 Å². The third-order valence-electron chi connectivity index (χ3n) is 7.22. The van der Waals surface area contributed by atoms with E-state index in [2.05, 4.69) is 59.8 Å². The predicted octanol–water partition coefficient (Wildman–Crippen LogP) is 7.04. The Balaban J connectivity index is 1.43. The minimum absolute atomic E-state index is 0.204. The van der Waals surface area contributed by atoms with Gasteiger partial charge >= 0.3 is 6.01 Å². The number of benzene rings is 2. The summed E-state index contributed by atoms with van der Waals surface area (Å²) in [6, 6.07) is 19.7.